The molecule has 0 radical (unpaired) electrons. The maximum absolute atomic E-state index is 12.2. The molecule has 3 rings (SSSR count). The molecule has 5 heteroatoms. The molecule has 1 saturated heterocycles. The molecule has 0 spiro atoms. The summed E-state index contributed by atoms with van der Waals surface area (Å²) < 4.78 is 5.42. The number of nitrogens with zero attached hydrogens (tertiary/aromatic N) is 1. The molecule has 1 aromatic carbocycles. The lowest BCUT2D eigenvalue weighted by Gasteiger charge is -2.18. The van der Waals surface area contributed by atoms with Gasteiger partial charge in [0.05, 0.1) is 12.6 Å². The van der Waals surface area contributed by atoms with E-state index in [4.69, 9.17) is 4.74 Å². The van der Waals surface area contributed by atoms with E-state index in [0.717, 1.165) is 37.1 Å². The van der Waals surface area contributed by atoms with Gasteiger partial charge in [-0.15, -0.1) is 0 Å². The summed E-state index contributed by atoms with van der Waals surface area (Å²) >= 11 is 0. The summed E-state index contributed by atoms with van der Waals surface area (Å²) in [6, 6.07) is 7.45. The van der Waals surface area contributed by atoms with Crippen molar-refractivity contribution in [3.8, 4) is 5.75 Å². The summed E-state index contributed by atoms with van der Waals surface area (Å²) in [5, 5.41) is 3.06. The van der Waals surface area contributed by atoms with Crippen molar-refractivity contribution in [1.82, 2.24) is 5.32 Å². The highest BCUT2D eigenvalue weighted by atomic mass is 16.5. The standard InChI is InChI=1S/C18H24N2O3/c1-2-23-16-9-7-15(8-10-16)20-12-14(11-17(20)21)19-18(22)13-5-3-4-6-13/h7-10,13-14H,2-6,11-12H2,1H3,(H,19,22)/t14-/m1/s1. The Kier molecular flexibility index (Phi) is 4.84. The van der Waals surface area contributed by atoms with E-state index in [1.54, 1.807) is 4.90 Å². The van der Waals surface area contributed by atoms with Crippen LogP contribution in [0.3, 0.4) is 0 Å². The van der Waals surface area contributed by atoms with Crippen molar-refractivity contribution in [3.05, 3.63) is 24.3 Å². The van der Waals surface area contributed by atoms with Crippen LogP contribution in [0, 0.1) is 5.92 Å². The zero-order valence-electron chi connectivity index (χ0n) is 13.6. The van der Waals surface area contributed by atoms with Gasteiger partial charge >= 0.3 is 0 Å². The SMILES string of the molecule is CCOc1ccc(N2C[C@H](NC(=O)C3CCCC3)CC2=O)cc1. The summed E-state index contributed by atoms with van der Waals surface area (Å²) in [6.45, 7) is 3.11. The largest absolute Gasteiger partial charge is 0.494 e. The lowest BCUT2D eigenvalue weighted by Crippen LogP contribution is -2.40. The molecule has 1 atom stereocenters. The van der Waals surface area contributed by atoms with Crippen molar-refractivity contribution < 1.29 is 14.3 Å². The molecule has 1 aliphatic heterocycles. The van der Waals surface area contributed by atoms with Gasteiger partial charge in [-0.1, -0.05) is 12.8 Å². The van der Waals surface area contributed by atoms with Crippen LogP contribution in [0.5, 0.6) is 5.75 Å². The quantitative estimate of drug-likeness (QED) is 0.908. The van der Waals surface area contributed by atoms with Gasteiger partial charge in [0.15, 0.2) is 0 Å². The van der Waals surface area contributed by atoms with Crippen molar-refractivity contribution in [2.75, 3.05) is 18.1 Å². The third kappa shape index (κ3) is 3.66. The molecule has 2 fully saturated rings. The Morgan fingerprint density at radius 2 is 1.96 bits per heavy atom. The van der Waals surface area contributed by atoms with E-state index in [2.05, 4.69) is 5.32 Å². The first kappa shape index (κ1) is 15.8. The second-order valence-corrected chi connectivity index (χ2v) is 6.32. The summed E-state index contributed by atoms with van der Waals surface area (Å²) in [5.41, 5.74) is 0.857. The van der Waals surface area contributed by atoms with Crippen molar-refractivity contribution in [2.45, 2.75) is 45.1 Å². The highest BCUT2D eigenvalue weighted by molar-refractivity contribution is 5.97. The van der Waals surface area contributed by atoms with Gasteiger partial charge in [0.2, 0.25) is 11.8 Å². The molecule has 124 valence electrons. The molecular weight excluding hydrogens is 292 g/mol. The van der Waals surface area contributed by atoms with Crippen LogP contribution < -0.4 is 15.0 Å². The Morgan fingerprint density at radius 1 is 1.26 bits per heavy atom. The molecule has 2 aliphatic rings. The zero-order valence-corrected chi connectivity index (χ0v) is 13.6. The van der Waals surface area contributed by atoms with Crippen LogP contribution in [0.1, 0.15) is 39.0 Å². The Hall–Kier alpha value is -2.04. The molecule has 1 aliphatic carbocycles. The van der Waals surface area contributed by atoms with Crippen LogP contribution in [-0.2, 0) is 9.59 Å². The maximum atomic E-state index is 12.2. The number of rotatable bonds is 5. The fraction of sp³-hybridized carbons (Fsp3) is 0.556. The molecule has 23 heavy (non-hydrogen) atoms. The van der Waals surface area contributed by atoms with Gasteiger partial charge in [-0.05, 0) is 44.0 Å². The average Bonchev–Trinajstić information content (AvgIpc) is 3.18. The Morgan fingerprint density at radius 3 is 2.61 bits per heavy atom. The molecule has 1 aromatic rings. The van der Waals surface area contributed by atoms with Crippen molar-refractivity contribution in [1.29, 1.82) is 0 Å². The third-order valence-corrected chi connectivity index (χ3v) is 4.66. The minimum absolute atomic E-state index is 0.0610. The van der Waals surface area contributed by atoms with Crippen LogP contribution in [0.2, 0.25) is 0 Å². The first-order chi connectivity index (χ1) is 11.2. The second kappa shape index (κ2) is 7.02. The summed E-state index contributed by atoms with van der Waals surface area (Å²) in [6.07, 6.45) is 4.62. The van der Waals surface area contributed by atoms with Gasteiger partial charge in [0.25, 0.3) is 0 Å². The number of hydrogen-bond donors (Lipinski definition) is 1. The van der Waals surface area contributed by atoms with Crippen LogP contribution in [0.25, 0.3) is 0 Å². The summed E-state index contributed by atoms with van der Waals surface area (Å²) in [7, 11) is 0. The first-order valence-electron chi connectivity index (χ1n) is 8.51. The van der Waals surface area contributed by atoms with Gasteiger partial charge in [-0.3, -0.25) is 9.59 Å². The summed E-state index contributed by atoms with van der Waals surface area (Å²) in [4.78, 5) is 26.2. The Labute approximate surface area is 137 Å². The Bertz CT molecular complexity index is 564. The van der Waals surface area contributed by atoms with Crippen LogP contribution in [-0.4, -0.2) is 31.0 Å². The van der Waals surface area contributed by atoms with E-state index >= 15 is 0 Å². The van der Waals surface area contributed by atoms with Gasteiger partial charge in [-0.2, -0.15) is 0 Å². The van der Waals surface area contributed by atoms with E-state index in [1.165, 1.54) is 0 Å². The topological polar surface area (TPSA) is 58.6 Å². The fourth-order valence-electron chi connectivity index (χ4n) is 3.45. The van der Waals surface area contributed by atoms with Crippen LogP contribution in [0.15, 0.2) is 24.3 Å². The highest BCUT2D eigenvalue weighted by Gasteiger charge is 2.33. The van der Waals surface area contributed by atoms with Crippen LogP contribution >= 0.6 is 0 Å². The van der Waals surface area contributed by atoms with E-state index < -0.39 is 0 Å². The van der Waals surface area contributed by atoms with E-state index in [0.29, 0.717) is 19.6 Å². The number of amides is 2. The normalized spacial score (nSPS) is 21.7. The molecule has 0 bridgehead atoms. The number of carbonyl (C=O) groups is 2. The van der Waals surface area contributed by atoms with Crippen molar-refractivity contribution in [3.63, 3.8) is 0 Å². The molecule has 2 amide bonds. The monoisotopic (exact) mass is 316 g/mol. The number of anilines is 1. The molecule has 1 saturated carbocycles. The molecule has 5 nitrogen and oxygen atoms in total. The molecule has 0 aromatic heterocycles. The summed E-state index contributed by atoms with van der Waals surface area (Å²) in [5.74, 6) is 1.12. The first-order valence-corrected chi connectivity index (χ1v) is 8.51. The van der Waals surface area contributed by atoms with Crippen molar-refractivity contribution >= 4 is 17.5 Å². The van der Waals surface area contributed by atoms with E-state index in [-0.39, 0.29) is 23.8 Å². The minimum atomic E-state index is -0.0813. The third-order valence-electron chi connectivity index (χ3n) is 4.66. The van der Waals surface area contributed by atoms with E-state index in [9.17, 15) is 9.59 Å². The lowest BCUT2D eigenvalue weighted by atomic mass is 10.1. The van der Waals surface area contributed by atoms with Crippen LogP contribution in [0.4, 0.5) is 5.69 Å². The van der Waals surface area contributed by atoms with Gasteiger partial charge < -0.3 is 15.0 Å². The predicted octanol–water partition coefficient (Wildman–Crippen LogP) is 2.50. The number of nitrogens with one attached hydrogen (secondary N) is 1. The molecule has 1 heterocycles. The zero-order chi connectivity index (χ0) is 16.2. The maximum Gasteiger partial charge on any atom is 0.229 e. The van der Waals surface area contributed by atoms with Crippen molar-refractivity contribution in [2.24, 2.45) is 5.92 Å². The molecule has 0 unspecified atom stereocenters. The fourth-order valence-corrected chi connectivity index (χ4v) is 3.45. The van der Waals surface area contributed by atoms with Gasteiger partial charge in [-0.25, -0.2) is 0 Å². The lowest BCUT2D eigenvalue weighted by molar-refractivity contribution is -0.125. The number of carbonyl (C=O) groups excluding carboxylic acids is 2. The van der Waals surface area contributed by atoms with Gasteiger partial charge in [0, 0.05) is 24.6 Å². The smallest absolute Gasteiger partial charge is 0.229 e. The number of hydrogen-bond acceptors (Lipinski definition) is 3. The number of benzene rings is 1. The average molecular weight is 316 g/mol. The van der Waals surface area contributed by atoms with Gasteiger partial charge in [0.1, 0.15) is 5.75 Å². The predicted molar refractivity (Wildman–Crippen MR) is 88.5 cm³/mol. The second-order valence-electron chi connectivity index (χ2n) is 6.32. The molecular formula is C18H24N2O3. The minimum Gasteiger partial charge on any atom is -0.494 e. The molecule has 1 N–H and O–H groups in total. The highest BCUT2D eigenvalue weighted by Crippen LogP contribution is 2.27. The number of ether oxygens (including phenoxy) is 1. The van der Waals surface area contributed by atoms with E-state index in [1.807, 2.05) is 31.2 Å². The Balaban J connectivity index is 1.59.